The molecule has 6 nitrogen and oxygen atoms in total. The van der Waals surface area contributed by atoms with Crippen LogP contribution in [-0.2, 0) is 9.53 Å². The Morgan fingerprint density at radius 2 is 1.84 bits per heavy atom. The van der Waals surface area contributed by atoms with Crippen LogP contribution in [0.2, 0.25) is 0 Å². The highest BCUT2D eigenvalue weighted by molar-refractivity contribution is 5.94. The first-order valence-corrected chi connectivity index (χ1v) is 11.5. The maximum absolute atomic E-state index is 13.6. The Morgan fingerprint density at radius 3 is 2.66 bits per heavy atom. The fourth-order valence-corrected chi connectivity index (χ4v) is 4.91. The van der Waals surface area contributed by atoms with Crippen molar-refractivity contribution in [3.63, 3.8) is 0 Å². The summed E-state index contributed by atoms with van der Waals surface area (Å²) in [6.07, 6.45) is 5.30. The number of imidazole rings is 1. The Bertz CT molecular complexity index is 1170. The van der Waals surface area contributed by atoms with Crippen LogP contribution < -0.4 is 10.1 Å². The SMILES string of the molecule is CCOc1ccccc1[C@@H]1C(C(=O)OC2CCCCC2)=C(C)Nc2nc3ccccc3n21. The number of esters is 1. The minimum absolute atomic E-state index is 0.0136. The highest BCUT2D eigenvalue weighted by Gasteiger charge is 2.37. The number of rotatable bonds is 5. The maximum Gasteiger partial charge on any atom is 0.338 e. The number of hydrogen-bond acceptors (Lipinski definition) is 5. The third-order valence-corrected chi connectivity index (χ3v) is 6.39. The summed E-state index contributed by atoms with van der Waals surface area (Å²) in [4.78, 5) is 18.4. The van der Waals surface area contributed by atoms with Gasteiger partial charge in [-0.25, -0.2) is 9.78 Å². The molecule has 0 saturated heterocycles. The fraction of sp³-hybridized carbons (Fsp3) is 0.385. The third kappa shape index (κ3) is 3.64. The van der Waals surface area contributed by atoms with Gasteiger partial charge in [-0.1, -0.05) is 36.8 Å². The van der Waals surface area contributed by atoms with Crippen molar-refractivity contribution in [1.29, 1.82) is 0 Å². The summed E-state index contributed by atoms with van der Waals surface area (Å²) >= 11 is 0. The van der Waals surface area contributed by atoms with E-state index in [4.69, 9.17) is 14.5 Å². The molecule has 1 aliphatic carbocycles. The van der Waals surface area contributed by atoms with E-state index in [1.165, 1.54) is 6.42 Å². The first-order valence-electron chi connectivity index (χ1n) is 11.5. The van der Waals surface area contributed by atoms with Gasteiger partial charge in [-0.2, -0.15) is 0 Å². The first-order chi connectivity index (χ1) is 15.7. The highest BCUT2D eigenvalue weighted by atomic mass is 16.5. The van der Waals surface area contributed by atoms with Gasteiger partial charge in [0.15, 0.2) is 0 Å². The van der Waals surface area contributed by atoms with Crippen LogP contribution in [0, 0.1) is 0 Å². The first kappa shape index (κ1) is 20.6. The topological polar surface area (TPSA) is 65.4 Å². The van der Waals surface area contributed by atoms with Crippen LogP contribution in [0.5, 0.6) is 5.75 Å². The number of aromatic nitrogens is 2. The molecule has 5 rings (SSSR count). The standard InChI is InChI=1S/C26H29N3O3/c1-3-31-22-16-10-7-13-19(22)24-23(25(30)32-18-11-5-4-6-12-18)17(2)27-26-28-20-14-8-9-15-21(20)29(24)26/h7-10,13-16,18,24H,3-6,11-12H2,1-2H3,(H,27,28)/t24-/m1/s1. The Labute approximate surface area is 188 Å². The van der Waals surface area contributed by atoms with Crippen molar-refractivity contribution < 1.29 is 14.3 Å². The Hall–Kier alpha value is -3.28. The van der Waals surface area contributed by atoms with Gasteiger partial charge in [-0.3, -0.25) is 4.57 Å². The average molecular weight is 432 g/mol. The van der Waals surface area contributed by atoms with Crippen LogP contribution in [-0.4, -0.2) is 28.2 Å². The summed E-state index contributed by atoms with van der Waals surface area (Å²) in [6.45, 7) is 4.44. The van der Waals surface area contributed by atoms with E-state index in [1.54, 1.807) is 0 Å². The second-order valence-electron chi connectivity index (χ2n) is 8.50. The van der Waals surface area contributed by atoms with Gasteiger partial charge in [0, 0.05) is 11.3 Å². The lowest BCUT2D eigenvalue weighted by Gasteiger charge is -2.32. The lowest BCUT2D eigenvalue weighted by molar-refractivity contribution is -0.146. The molecule has 0 spiro atoms. The molecule has 0 amide bonds. The van der Waals surface area contributed by atoms with Gasteiger partial charge in [0.1, 0.15) is 11.9 Å². The second-order valence-corrected chi connectivity index (χ2v) is 8.50. The van der Waals surface area contributed by atoms with E-state index in [1.807, 2.05) is 62.4 Å². The summed E-state index contributed by atoms with van der Waals surface area (Å²) in [7, 11) is 0. The van der Waals surface area contributed by atoms with Crippen molar-refractivity contribution in [3.8, 4) is 5.75 Å². The van der Waals surface area contributed by atoms with E-state index in [-0.39, 0.29) is 12.1 Å². The highest BCUT2D eigenvalue weighted by Crippen LogP contribution is 2.42. The normalized spacial score (nSPS) is 18.9. The average Bonchev–Trinajstić information content (AvgIpc) is 3.17. The molecule has 32 heavy (non-hydrogen) atoms. The van der Waals surface area contributed by atoms with Crippen molar-refractivity contribution in [2.45, 2.75) is 58.1 Å². The van der Waals surface area contributed by atoms with Crippen LogP contribution in [0.3, 0.4) is 0 Å². The molecular weight excluding hydrogens is 402 g/mol. The predicted octanol–water partition coefficient (Wildman–Crippen LogP) is 5.60. The van der Waals surface area contributed by atoms with E-state index in [2.05, 4.69) is 9.88 Å². The molecule has 1 saturated carbocycles. The number of benzene rings is 2. The Morgan fingerprint density at radius 1 is 1.09 bits per heavy atom. The molecule has 1 aromatic heterocycles. The molecule has 1 fully saturated rings. The zero-order valence-electron chi connectivity index (χ0n) is 18.6. The quantitative estimate of drug-likeness (QED) is 0.533. The van der Waals surface area contributed by atoms with Gasteiger partial charge in [0.25, 0.3) is 0 Å². The minimum atomic E-state index is -0.391. The monoisotopic (exact) mass is 431 g/mol. The lowest BCUT2D eigenvalue weighted by Crippen LogP contribution is -2.31. The van der Waals surface area contributed by atoms with Gasteiger partial charge in [0.05, 0.1) is 29.3 Å². The smallest absolute Gasteiger partial charge is 0.338 e. The molecular formula is C26H29N3O3. The second kappa shape index (κ2) is 8.69. The molecule has 0 unspecified atom stereocenters. The fourth-order valence-electron chi connectivity index (χ4n) is 4.91. The number of anilines is 1. The van der Waals surface area contributed by atoms with Crippen molar-refractivity contribution in [1.82, 2.24) is 9.55 Å². The molecule has 1 atom stereocenters. The van der Waals surface area contributed by atoms with Crippen molar-refractivity contribution in [2.75, 3.05) is 11.9 Å². The van der Waals surface area contributed by atoms with Gasteiger partial charge >= 0.3 is 5.97 Å². The molecule has 0 radical (unpaired) electrons. The van der Waals surface area contributed by atoms with Crippen molar-refractivity contribution in [2.24, 2.45) is 0 Å². The van der Waals surface area contributed by atoms with Crippen molar-refractivity contribution in [3.05, 3.63) is 65.4 Å². The zero-order valence-corrected chi connectivity index (χ0v) is 18.6. The van der Waals surface area contributed by atoms with Crippen LogP contribution in [0.1, 0.15) is 57.6 Å². The summed E-state index contributed by atoms with van der Waals surface area (Å²) < 4.78 is 14.1. The maximum atomic E-state index is 13.6. The summed E-state index contributed by atoms with van der Waals surface area (Å²) in [5.74, 6) is 1.22. The number of carbonyl (C=O) groups excluding carboxylic acids is 1. The van der Waals surface area contributed by atoms with E-state index in [0.29, 0.717) is 18.1 Å². The number of ether oxygens (including phenoxy) is 2. The molecule has 1 N–H and O–H groups in total. The largest absolute Gasteiger partial charge is 0.494 e. The molecule has 166 valence electrons. The Kier molecular flexibility index (Phi) is 5.60. The number of fused-ring (bicyclic) bond motifs is 3. The van der Waals surface area contributed by atoms with Gasteiger partial charge in [0.2, 0.25) is 5.95 Å². The molecule has 2 aliphatic rings. The molecule has 2 heterocycles. The van der Waals surface area contributed by atoms with E-state index >= 15 is 0 Å². The van der Waals surface area contributed by atoms with Crippen LogP contribution in [0.15, 0.2) is 59.8 Å². The number of nitrogens with zero attached hydrogens (tertiary/aromatic N) is 2. The number of hydrogen-bond donors (Lipinski definition) is 1. The Balaban J connectivity index is 1.65. The molecule has 3 aromatic rings. The van der Waals surface area contributed by atoms with Gasteiger partial charge in [-0.05, 0) is 57.7 Å². The predicted molar refractivity (Wildman–Crippen MR) is 125 cm³/mol. The number of allylic oxidation sites excluding steroid dienone is 1. The summed E-state index contributed by atoms with van der Waals surface area (Å²) in [5.41, 5.74) is 4.14. The lowest BCUT2D eigenvalue weighted by atomic mass is 9.93. The number of para-hydroxylation sites is 3. The van der Waals surface area contributed by atoms with Gasteiger partial charge in [-0.15, -0.1) is 0 Å². The zero-order chi connectivity index (χ0) is 22.1. The minimum Gasteiger partial charge on any atom is -0.494 e. The molecule has 1 aliphatic heterocycles. The van der Waals surface area contributed by atoms with Crippen LogP contribution in [0.4, 0.5) is 5.95 Å². The van der Waals surface area contributed by atoms with Gasteiger partial charge < -0.3 is 14.8 Å². The van der Waals surface area contributed by atoms with Crippen LogP contribution >= 0.6 is 0 Å². The summed E-state index contributed by atoms with van der Waals surface area (Å²) in [6, 6.07) is 15.5. The summed E-state index contributed by atoms with van der Waals surface area (Å²) in [5, 5.41) is 3.36. The molecule has 2 aromatic carbocycles. The third-order valence-electron chi connectivity index (χ3n) is 6.39. The van der Waals surface area contributed by atoms with Crippen LogP contribution in [0.25, 0.3) is 11.0 Å². The molecule has 0 bridgehead atoms. The molecule has 6 heteroatoms. The number of nitrogens with one attached hydrogen (secondary N) is 1. The van der Waals surface area contributed by atoms with Crippen molar-refractivity contribution >= 4 is 23.0 Å². The van der Waals surface area contributed by atoms with E-state index < -0.39 is 6.04 Å². The van der Waals surface area contributed by atoms with E-state index in [0.717, 1.165) is 53.7 Å². The number of carbonyl (C=O) groups is 1. The van der Waals surface area contributed by atoms with E-state index in [9.17, 15) is 4.79 Å².